The number of benzene rings is 1. The number of hydrogen-bond acceptors (Lipinski definition) is 11. The number of primary amides is 1. The molecule has 0 radical (unpaired) electrons. The van der Waals surface area contributed by atoms with Crippen LogP contribution in [0.4, 0.5) is 11.4 Å². The maximum atomic E-state index is 13.9. The molecule has 13 heteroatoms. The number of amides is 1. The van der Waals surface area contributed by atoms with E-state index in [1.54, 1.807) is 0 Å². The highest BCUT2D eigenvalue weighted by atomic mass is 16.6. The first kappa shape index (κ1) is 27.1. The third-order valence-electron chi connectivity index (χ3n) is 7.98. The number of ketones is 2. The zero-order chi connectivity index (χ0) is 28.4. The number of aliphatic hydroxyl groups is 3. The van der Waals surface area contributed by atoms with E-state index >= 15 is 0 Å². The minimum absolute atomic E-state index is 0.0475. The fourth-order valence-electron chi connectivity index (χ4n) is 6.26. The second-order valence-corrected chi connectivity index (χ2v) is 10.0. The molecule has 4 atom stereocenters. The molecule has 0 saturated heterocycles. The van der Waals surface area contributed by atoms with E-state index in [4.69, 9.17) is 5.73 Å². The fraction of sp³-hybridized carbons (Fsp3) is 0.480. The number of carbonyl (C=O) groups excluding carboxylic acids is 3. The van der Waals surface area contributed by atoms with Crippen LogP contribution < -0.4 is 10.6 Å². The van der Waals surface area contributed by atoms with Gasteiger partial charge in [-0.05, 0) is 52.3 Å². The number of hydrogen-bond donors (Lipinski definition) is 5. The third-order valence-corrected chi connectivity index (χ3v) is 7.98. The average Bonchev–Trinajstić information content (AvgIpc) is 2.82. The normalized spacial score (nSPS) is 26.7. The zero-order valence-electron chi connectivity index (χ0n) is 21.4. The molecule has 204 valence electrons. The van der Waals surface area contributed by atoms with Crippen LogP contribution in [0.5, 0.6) is 5.75 Å². The lowest BCUT2D eigenvalue weighted by Crippen LogP contribution is -2.65. The maximum absolute atomic E-state index is 13.9. The average molecular weight is 531 g/mol. The topological polar surface area (TPSA) is 208 Å². The molecule has 1 amide bonds. The Morgan fingerprint density at radius 2 is 1.82 bits per heavy atom. The number of nitrogens with zero attached hydrogens (tertiary/aromatic N) is 3. The summed E-state index contributed by atoms with van der Waals surface area (Å²) in [6.07, 6.45) is -0.0207. The van der Waals surface area contributed by atoms with Crippen LogP contribution in [0.1, 0.15) is 31.4 Å². The number of aromatic hydroxyl groups is 1. The van der Waals surface area contributed by atoms with Crippen molar-refractivity contribution >= 4 is 34.6 Å². The fourth-order valence-corrected chi connectivity index (χ4v) is 6.26. The lowest BCUT2D eigenvalue weighted by molar-refractivity contribution is -0.385. The summed E-state index contributed by atoms with van der Waals surface area (Å²) >= 11 is 0. The van der Waals surface area contributed by atoms with E-state index < -0.39 is 74.4 Å². The number of phenolic OH excluding ortho intramolecular Hbond substituents is 1. The van der Waals surface area contributed by atoms with Crippen LogP contribution in [0.25, 0.3) is 5.76 Å². The van der Waals surface area contributed by atoms with Crippen LogP contribution in [-0.4, -0.2) is 86.6 Å². The minimum atomic E-state index is -2.78. The van der Waals surface area contributed by atoms with Gasteiger partial charge >= 0.3 is 5.69 Å². The molecular formula is C25H30N4O9. The van der Waals surface area contributed by atoms with Gasteiger partial charge in [0.1, 0.15) is 17.1 Å². The Hall–Kier alpha value is -3.97. The van der Waals surface area contributed by atoms with E-state index in [2.05, 4.69) is 0 Å². The first-order chi connectivity index (χ1) is 17.7. The molecule has 0 spiro atoms. The van der Waals surface area contributed by atoms with Gasteiger partial charge < -0.3 is 31.1 Å². The number of aliphatic hydroxyl groups excluding tert-OH is 2. The van der Waals surface area contributed by atoms with E-state index in [0.29, 0.717) is 24.3 Å². The minimum Gasteiger partial charge on any atom is -0.508 e. The van der Waals surface area contributed by atoms with Gasteiger partial charge in [-0.15, -0.1) is 0 Å². The molecule has 1 aromatic carbocycles. The number of nitrogens with two attached hydrogens (primary N) is 1. The summed E-state index contributed by atoms with van der Waals surface area (Å²) in [6, 6.07) is 0.0286. The number of phenols is 1. The van der Waals surface area contributed by atoms with Crippen molar-refractivity contribution in [3.63, 3.8) is 0 Å². The molecule has 1 aromatic rings. The van der Waals surface area contributed by atoms with Crippen LogP contribution in [0.3, 0.4) is 0 Å². The van der Waals surface area contributed by atoms with Crippen LogP contribution in [0.2, 0.25) is 0 Å². The largest absolute Gasteiger partial charge is 0.508 e. The van der Waals surface area contributed by atoms with Crippen molar-refractivity contribution in [2.24, 2.45) is 17.6 Å². The highest BCUT2D eigenvalue weighted by Gasteiger charge is 2.64. The van der Waals surface area contributed by atoms with Gasteiger partial charge in [-0.25, -0.2) is 0 Å². The molecule has 3 aliphatic rings. The molecular weight excluding hydrogens is 500 g/mol. The summed E-state index contributed by atoms with van der Waals surface area (Å²) in [7, 11) is 3.03. The first-order valence-corrected chi connectivity index (χ1v) is 12.2. The van der Waals surface area contributed by atoms with Gasteiger partial charge in [-0.2, -0.15) is 0 Å². The molecule has 1 fully saturated rings. The molecule has 3 aliphatic carbocycles. The molecule has 3 unspecified atom stereocenters. The standard InChI is InChI=1S/C25H30N4O9/c1-5-28(6-2)13-9-14(29(37)38)19(30)16-11(13)7-10-8-12-18(27(3)4)21(32)17(24(26)35)23(34)25(12,36)22(33)15(10)20(16)31/h9-10,12,18,30-31,34,36H,5-8H2,1-4H3,(H2,26,35)/t10?,12?,18-,25?/m0/s1. The number of nitro groups is 1. The van der Waals surface area contributed by atoms with Gasteiger partial charge in [0.2, 0.25) is 11.5 Å². The molecule has 0 aromatic heterocycles. The van der Waals surface area contributed by atoms with Gasteiger partial charge in [0.25, 0.3) is 5.91 Å². The van der Waals surface area contributed by atoms with Crippen molar-refractivity contribution < 1.29 is 39.7 Å². The Labute approximate surface area is 217 Å². The molecule has 0 bridgehead atoms. The highest BCUT2D eigenvalue weighted by Crippen LogP contribution is 2.54. The molecule has 6 N–H and O–H groups in total. The van der Waals surface area contributed by atoms with Crippen molar-refractivity contribution in [3.05, 3.63) is 44.2 Å². The number of rotatable bonds is 6. The Kier molecular flexibility index (Phi) is 6.48. The molecule has 0 heterocycles. The van der Waals surface area contributed by atoms with E-state index in [-0.39, 0.29) is 24.0 Å². The third kappa shape index (κ3) is 3.49. The molecule has 38 heavy (non-hydrogen) atoms. The summed E-state index contributed by atoms with van der Waals surface area (Å²) in [5, 5.41) is 56.4. The van der Waals surface area contributed by atoms with Gasteiger partial charge in [-0.1, -0.05) is 0 Å². The SMILES string of the molecule is CCN(CC)c1cc([N+](=O)[O-])c(O)c2c1CC1CC3[C@H](N(C)C)C(=O)C(C(N)=O)=C(O)C3(O)C(=O)C1=C2O. The predicted octanol–water partition coefficient (Wildman–Crippen LogP) is 0.718. The van der Waals surface area contributed by atoms with Crippen molar-refractivity contribution in [1.29, 1.82) is 0 Å². The second-order valence-electron chi connectivity index (χ2n) is 10.0. The number of anilines is 1. The van der Waals surface area contributed by atoms with Gasteiger partial charge in [-0.3, -0.25) is 29.4 Å². The molecule has 0 aliphatic heterocycles. The highest BCUT2D eigenvalue weighted by molar-refractivity contribution is 6.24. The summed E-state index contributed by atoms with van der Waals surface area (Å²) in [5.41, 5.74) is 1.06. The number of fused-ring (bicyclic) bond motifs is 3. The molecule has 1 saturated carbocycles. The summed E-state index contributed by atoms with van der Waals surface area (Å²) in [4.78, 5) is 53.3. The smallest absolute Gasteiger partial charge is 0.313 e. The van der Waals surface area contributed by atoms with E-state index in [9.17, 15) is 44.9 Å². The lowest BCUT2D eigenvalue weighted by Gasteiger charge is -2.50. The van der Waals surface area contributed by atoms with Crippen molar-refractivity contribution in [3.8, 4) is 5.75 Å². The van der Waals surface area contributed by atoms with Gasteiger partial charge in [0.05, 0.1) is 16.5 Å². The van der Waals surface area contributed by atoms with Crippen molar-refractivity contribution in [2.75, 3.05) is 32.1 Å². The van der Waals surface area contributed by atoms with Crippen LogP contribution in [-0.2, 0) is 20.8 Å². The number of Topliss-reactive ketones (excluding diaryl/α,β-unsaturated/α-hetero) is 2. The summed E-state index contributed by atoms with van der Waals surface area (Å²) in [5.74, 6) is -8.12. The van der Waals surface area contributed by atoms with Crippen molar-refractivity contribution in [1.82, 2.24) is 4.90 Å². The Balaban J connectivity index is 2.03. The Bertz CT molecular complexity index is 1340. The van der Waals surface area contributed by atoms with Crippen LogP contribution in [0, 0.1) is 22.0 Å². The summed E-state index contributed by atoms with van der Waals surface area (Å²) < 4.78 is 0. The first-order valence-electron chi connectivity index (χ1n) is 12.2. The Morgan fingerprint density at radius 1 is 1.21 bits per heavy atom. The van der Waals surface area contributed by atoms with Gasteiger partial charge in [0, 0.05) is 36.3 Å². The van der Waals surface area contributed by atoms with Crippen LogP contribution in [0.15, 0.2) is 23.0 Å². The van der Waals surface area contributed by atoms with E-state index in [0.717, 1.165) is 0 Å². The van der Waals surface area contributed by atoms with Crippen LogP contribution >= 0.6 is 0 Å². The maximum Gasteiger partial charge on any atom is 0.313 e. The van der Waals surface area contributed by atoms with E-state index in [1.807, 2.05) is 18.7 Å². The Morgan fingerprint density at radius 3 is 2.32 bits per heavy atom. The van der Waals surface area contributed by atoms with Crippen molar-refractivity contribution in [2.45, 2.75) is 38.3 Å². The zero-order valence-corrected chi connectivity index (χ0v) is 21.4. The van der Waals surface area contributed by atoms with Gasteiger partial charge in [0.15, 0.2) is 11.4 Å². The lowest BCUT2D eigenvalue weighted by atomic mass is 9.57. The number of carbonyl (C=O) groups is 3. The van der Waals surface area contributed by atoms with E-state index in [1.165, 1.54) is 25.1 Å². The predicted molar refractivity (Wildman–Crippen MR) is 134 cm³/mol. The second kappa shape index (κ2) is 9.10. The molecule has 13 nitrogen and oxygen atoms in total. The number of likely N-dealkylation sites (N-methyl/N-ethyl adjacent to an activating group) is 1. The quantitative estimate of drug-likeness (QED) is 0.197. The summed E-state index contributed by atoms with van der Waals surface area (Å²) in [6.45, 7) is 4.59. The number of nitro benzene ring substituents is 1. The molecule has 4 rings (SSSR count). The monoisotopic (exact) mass is 530 g/mol.